The molecule has 0 heterocycles. The van der Waals surface area contributed by atoms with E-state index in [0.717, 1.165) is 22.3 Å². The van der Waals surface area contributed by atoms with Gasteiger partial charge in [0.2, 0.25) is 0 Å². The van der Waals surface area contributed by atoms with Gasteiger partial charge in [0.25, 0.3) is 0 Å². The van der Waals surface area contributed by atoms with Gasteiger partial charge in [-0.25, -0.2) is 0 Å². The molecule has 30 heavy (non-hydrogen) atoms. The molecule has 0 spiro atoms. The molecule has 2 N–H and O–H groups in total. The van der Waals surface area contributed by atoms with Crippen LogP contribution in [0.15, 0.2) is 34.3 Å². The lowest BCUT2D eigenvalue weighted by Gasteiger charge is -2.21. The number of rotatable bonds is 5. The van der Waals surface area contributed by atoms with E-state index in [2.05, 4.69) is 51.5 Å². The molecule has 0 amide bonds. The molecule has 0 aliphatic heterocycles. The maximum Gasteiger partial charge on any atom is 0.127 e. The van der Waals surface area contributed by atoms with Crippen LogP contribution in [0, 0.1) is 13.8 Å². The van der Waals surface area contributed by atoms with Crippen LogP contribution in [0.1, 0.15) is 74.9 Å². The van der Waals surface area contributed by atoms with Crippen LogP contribution in [0.25, 0.3) is 0 Å². The van der Waals surface area contributed by atoms with Gasteiger partial charge in [-0.15, -0.1) is 0 Å². The van der Waals surface area contributed by atoms with E-state index in [4.69, 9.17) is 0 Å². The van der Waals surface area contributed by atoms with Gasteiger partial charge in [0, 0.05) is 23.6 Å². The number of aliphatic imine (C=N–C) groups is 2. The number of aromatic hydroxyl groups is 2. The van der Waals surface area contributed by atoms with Crippen molar-refractivity contribution < 1.29 is 10.2 Å². The van der Waals surface area contributed by atoms with Gasteiger partial charge >= 0.3 is 0 Å². The zero-order valence-corrected chi connectivity index (χ0v) is 19.7. The molecule has 2 aromatic carbocycles. The van der Waals surface area contributed by atoms with Crippen LogP contribution in [0.5, 0.6) is 11.5 Å². The van der Waals surface area contributed by atoms with E-state index in [0.29, 0.717) is 13.1 Å². The van der Waals surface area contributed by atoms with Gasteiger partial charge in [0.05, 0.1) is 13.1 Å². The van der Waals surface area contributed by atoms with Crippen LogP contribution >= 0.6 is 0 Å². The van der Waals surface area contributed by atoms with Crippen LogP contribution in [-0.2, 0) is 10.8 Å². The third-order valence-electron chi connectivity index (χ3n) is 5.21. The molecule has 162 valence electrons. The van der Waals surface area contributed by atoms with Crippen molar-refractivity contribution in [2.24, 2.45) is 9.98 Å². The molecule has 0 atom stereocenters. The van der Waals surface area contributed by atoms with Crippen molar-refractivity contribution in [3.8, 4) is 11.5 Å². The van der Waals surface area contributed by atoms with E-state index in [-0.39, 0.29) is 22.3 Å². The van der Waals surface area contributed by atoms with Crippen molar-refractivity contribution in [3.63, 3.8) is 0 Å². The first-order valence-electron chi connectivity index (χ1n) is 10.5. The monoisotopic (exact) mass is 408 g/mol. The van der Waals surface area contributed by atoms with Gasteiger partial charge in [-0.05, 0) is 59.1 Å². The second kappa shape index (κ2) is 9.03. The topological polar surface area (TPSA) is 65.2 Å². The Kier molecular flexibility index (Phi) is 7.12. The summed E-state index contributed by atoms with van der Waals surface area (Å²) in [7, 11) is 0. The molecule has 0 saturated carbocycles. The number of hydrogen-bond donors (Lipinski definition) is 2. The molecule has 4 heteroatoms. The number of benzene rings is 2. The molecule has 0 fully saturated rings. The second-order valence-corrected chi connectivity index (χ2v) is 10.0. The van der Waals surface area contributed by atoms with Gasteiger partial charge in [-0.2, -0.15) is 0 Å². The fourth-order valence-electron chi connectivity index (χ4n) is 3.12. The Hall–Kier alpha value is -2.62. The maximum atomic E-state index is 10.3. The average Bonchev–Trinajstić information content (AvgIpc) is 2.62. The first-order valence-corrected chi connectivity index (χ1v) is 10.5. The van der Waals surface area contributed by atoms with Gasteiger partial charge < -0.3 is 10.2 Å². The van der Waals surface area contributed by atoms with Gasteiger partial charge in [-0.3, -0.25) is 9.98 Å². The minimum absolute atomic E-state index is 0.00701. The Morgan fingerprint density at radius 1 is 0.667 bits per heavy atom. The molecule has 0 unspecified atom stereocenters. The SMILES string of the molecule is Cc1cc(C(C)(C)C)cc(C=NCCN=Cc2cc(C(C)(C)C)cc(C)c2O)c1O. The van der Waals surface area contributed by atoms with E-state index in [1.807, 2.05) is 38.1 Å². The number of phenolic OH excluding ortho intramolecular Hbond substituents is 2. The smallest absolute Gasteiger partial charge is 0.127 e. The molecule has 0 bridgehead atoms. The summed E-state index contributed by atoms with van der Waals surface area (Å²) in [5.41, 5.74) is 5.52. The van der Waals surface area contributed by atoms with Crippen molar-refractivity contribution >= 4 is 12.4 Å². The van der Waals surface area contributed by atoms with Crippen LogP contribution in [-0.4, -0.2) is 35.7 Å². The molecule has 4 nitrogen and oxygen atoms in total. The average molecular weight is 409 g/mol. The fourth-order valence-corrected chi connectivity index (χ4v) is 3.12. The molecular formula is C26H36N2O2. The van der Waals surface area contributed by atoms with E-state index in [1.165, 1.54) is 11.1 Å². The Labute approximate surface area is 181 Å². The Bertz CT molecular complexity index is 879. The van der Waals surface area contributed by atoms with Gasteiger partial charge in [-0.1, -0.05) is 53.7 Å². The molecular weight excluding hydrogens is 372 g/mol. The lowest BCUT2D eigenvalue weighted by molar-refractivity contribution is 0.468. The summed E-state index contributed by atoms with van der Waals surface area (Å²) in [5, 5.41) is 20.7. The molecule has 2 rings (SSSR count). The number of phenols is 2. The predicted octanol–water partition coefficient (Wildman–Crippen LogP) is 5.85. The predicted molar refractivity (Wildman–Crippen MR) is 128 cm³/mol. The van der Waals surface area contributed by atoms with Crippen molar-refractivity contribution in [1.29, 1.82) is 0 Å². The first-order chi connectivity index (χ1) is 13.8. The molecule has 0 aromatic heterocycles. The Balaban J connectivity index is 2.09. The van der Waals surface area contributed by atoms with Crippen molar-refractivity contribution in [1.82, 2.24) is 0 Å². The first kappa shape index (κ1) is 23.7. The molecule has 2 aromatic rings. The maximum absolute atomic E-state index is 10.3. The van der Waals surface area contributed by atoms with Crippen molar-refractivity contribution in [2.75, 3.05) is 13.1 Å². The minimum Gasteiger partial charge on any atom is -0.507 e. The summed E-state index contributed by atoms with van der Waals surface area (Å²) < 4.78 is 0. The van der Waals surface area contributed by atoms with E-state index in [1.54, 1.807) is 12.4 Å². The quantitative estimate of drug-likeness (QED) is 0.481. The summed E-state index contributed by atoms with van der Waals surface area (Å²) in [6, 6.07) is 8.04. The summed E-state index contributed by atoms with van der Waals surface area (Å²) in [6.45, 7) is 17.8. The van der Waals surface area contributed by atoms with Gasteiger partial charge in [0.1, 0.15) is 11.5 Å². The van der Waals surface area contributed by atoms with Crippen molar-refractivity contribution in [3.05, 3.63) is 57.6 Å². The minimum atomic E-state index is 0.00701. The van der Waals surface area contributed by atoms with Crippen molar-refractivity contribution in [2.45, 2.75) is 66.2 Å². The molecule has 0 aliphatic carbocycles. The van der Waals surface area contributed by atoms with Crippen LogP contribution in [0.3, 0.4) is 0 Å². The third-order valence-corrected chi connectivity index (χ3v) is 5.21. The summed E-state index contributed by atoms with van der Waals surface area (Å²) in [5.74, 6) is 0.546. The largest absolute Gasteiger partial charge is 0.507 e. The second-order valence-electron chi connectivity index (χ2n) is 10.0. The number of nitrogens with zero attached hydrogens (tertiary/aromatic N) is 2. The zero-order valence-electron chi connectivity index (χ0n) is 19.7. The van der Waals surface area contributed by atoms with E-state index >= 15 is 0 Å². The summed E-state index contributed by atoms with van der Waals surface area (Å²) >= 11 is 0. The van der Waals surface area contributed by atoms with E-state index in [9.17, 15) is 10.2 Å². The highest BCUT2D eigenvalue weighted by Gasteiger charge is 2.17. The molecule has 0 aliphatic rings. The highest BCUT2D eigenvalue weighted by Crippen LogP contribution is 2.31. The van der Waals surface area contributed by atoms with E-state index < -0.39 is 0 Å². The standard InChI is InChI=1S/C26H36N2O2/c1-17-11-21(25(3,4)5)13-19(23(17)29)15-27-9-10-28-16-20-14-22(26(6,7)8)12-18(2)24(20)30/h11-16,29-30H,9-10H2,1-8H3. The fraction of sp³-hybridized carbons (Fsp3) is 0.462. The number of hydrogen-bond acceptors (Lipinski definition) is 4. The van der Waals surface area contributed by atoms with Crippen LogP contribution in [0.4, 0.5) is 0 Å². The molecule has 0 radical (unpaired) electrons. The number of aryl methyl sites for hydroxylation is 2. The van der Waals surface area contributed by atoms with Crippen LogP contribution in [0.2, 0.25) is 0 Å². The highest BCUT2D eigenvalue weighted by atomic mass is 16.3. The lowest BCUT2D eigenvalue weighted by atomic mass is 9.85. The van der Waals surface area contributed by atoms with Gasteiger partial charge in [0.15, 0.2) is 0 Å². The Morgan fingerprint density at radius 3 is 1.30 bits per heavy atom. The highest BCUT2D eigenvalue weighted by molar-refractivity contribution is 5.85. The summed E-state index contributed by atoms with van der Waals surface area (Å²) in [4.78, 5) is 8.87. The zero-order chi connectivity index (χ0) is 22.7. The third kappa shape index (κ3) is 5.94. The lowest BCUT2D eigenvalue weighted by Crippen LogP contribution is -2.12. The van der Waals surface area contributed by atoms with Crippen LogP contribution < -0.4 is 0 Å². The normalized spacial score (nSPS) is 12.9. The molecule has 0 saturated heterocycles. The summed E-state index contributed by atoms with van der Waals surface area (Å²) in [6.07, 6.45) is 3.43. The Morgan fingerprint density at radius 2 is 1.00 bits per heavy atom.